The van der Waals surface area contributed by atoms with Crippen LogP contribution in [0.3, 0.4) is 0 Å². The number of carbonyl (C=O) groups excluding carboxylic acids is 1. The highest BCUT2D eigenvalue weighted by molar-refractivity contribution is 6.04. The Labute approximate surface area is 155 Å². The lowest BCUT2D eigenvalue weighted by Gasteiger charge is -2.09. The molecule has 0 saturated carbocycles. The summed E-state index contributed by atoms with van der Waals surface area (Å²) in [7, 11) is 1.50. The summed E-state index contributed by atoms with van der Waals surface area (Å²) in [5, 5.41) is 10.6. The Hall–Kier alpha value is -3.74. The number of para-hydroxylation sites is 1. The Balaban J connectivity index is 1.67. The molecule has 0 unspecified atom stereocenters. The molecule has 0 saturated heterocycles. The molecule has 134 valence electrons. The van der Waals surface area contributed by atoms with Gasteiger partial charge < -0.3 is 14.5 Å². The number of fused-ring (bicyclic) bond motifs is 1. The number of hydrogen-bond acceptors (Lipinski definition) is 5. The number of aryl methyl sites for hydroxylation is 1. The first kappa shape index (κ1) is 16.7. The van der Waals surface area contributed by atoms with Gasteiger partial charge in [-0.1, -0.05) is 24.3 Å². The Morgan fingerprint density at radius 1 is 1.07 bits per heavy atom. The fourth-order valence-corrected chi connectivity index (χ4v) is 2.84. The molecule has 1 amide bonds. The van der Waals surface area contributed by atoms with Crippen molar-refractivity contribution in [3.63, 3.8) is 0 Å². The van der Waals surface area contributed by atoms with Crippen LogP contribution in [0, 0.1) is 6.92 Å². The van der Waals surface area contributed by atoms with E-state index >= 15 is 0 Å². The molecule has 0 fully saturated rings. The molecule has 0 aliphatic heterocycles. The molecular weight excluding hydrogens is 342 g/mol. The quantitative estimate of drug-likeness (QED) is 0.604. The van der Waals surface area contributed by atoms with Crippen LogP contribution in [0.2, 0.25) is 0 Å². The van der Waals surface area contributed by atoms with E-state index in [2.05, 4.69) is 15.5 Å². The van der Waals surface area contributed by atoms with Crippen molar-refractivity contribution in [1.29, 1.82) is 0 Å². The van der Waals surface area contributed by atoms with Crippen molar-refractivity contribution in [3.8, 4) is 17.1 Å². The van der Waals surface area contributed by atoms with Crippen LogP contribution >= 0.6 is 0 Å². The first-order valence-corrected chi connectivity index (χ1v) is 8.38. The molecule has 1 N–H and O–H groups in total. The molecule has 0 aliphatic rings. The molecule has 4 aromatic rings. The third-order valence-corrected chi connectivity index (χ3v) is 4.21. The highest BCUT2D eigenvalue weighted by Gasteiger charge is 2.14. The SMILES string of the molecule is COc1ccc(C(=O)Nc2ccccc2-c2cn3cccc(C)c3n2)nn1. The van der Waals surface area contributed by atoms with E-state index in [0.29, 0.717) is 11.6 Å². The van der Waals surface area contributed by atoms with E-state index in [0.717, 1.165) is 22.5 Å². The molecule has 0 aliphatic carbocycles. The minimum absolute atomic E-state index is 0.205. The van der Waals surface area contributed by atoms with Crippen LogP contribution in [0.25, 0.3) is 16.9 Å². The summed E-state index contributed by atoms with van der Waals surface area (Å²) in [6, 6.07) is 14.7. The zero-order valence-corrected chi connectivity index (χ0v) is 14.9. The summed E-state index contributed by atoms with van der Waals surface area (Å²) >= 11 is 0. The largest absolute Gasteiger partial charge is 0.480 e. The van der Waals surface area contributed by atoms with E-state index in [1.165, 1.54) is 7.11 Å². The number of anilines is 1. The molecule has 7 nitrogen and oxygen atoms in total. The zero-order valence-electron chi connectivity index (χ0n) is 14.9. The number of carbonyl (C=O) groups is 1. The number of amides is 1. The van der Waals surface area contributed by atoms with Gasteiger partial charge in [0, 0.05) is 24.0 Å². The zero-order chi connectivity index (χ0) is 18.8. The van der Waals surface area contributed by atoms with Gasteiger partial charge in [-0.3, -0.25) is 4.79 Å². The van der Waals surface area contributed by atoms with E-state index in [4.69, 9.17) is 9.72 Å². The number of imidazole rings is 1. The molecule has 4 rings (SSSR count). The van der Waals surface area contributed by atoms with Crippen LogP contribution in [-0.2, 0) is 0 Å². The number of nitrogens with one attached hydrogen (secondary N) is 1. The minimum atomic E-state index is -0.349. The van der Waals surface area contributed by atoms with Gasteiger partial charge in [-0.05, 0) is 30.7 Å². The third-order valence-electron chi connectivity index (χ3n) is 4.21. The lowest BCUT2D eigenvalue weighted by Crippen LogP contribution is -2.15. The van der Waals surface area contributed by atoms with Crippen molar-refractivity contribution in [2.45, 2.75) is 6.92 Å². The summed E-state index contributed by atoms with van der Waals surface area (Å²) in [5.74, 6) is 0.00423. The van der Waals surface area contributed by atoms with Crippen LogP contribution in [-0.4, -0.2) is 32.6 Å². The number of nitrogens with zero attached hydrogens (tertiary/aromatic N) is 4. The van der Waals surface area contributed by atoms with Crippen molar-refractivity contribution >= 4 is 17.2 Å². The summed E-state index contributed by atoms with van der Waals surface area (Å²) in [5.41, 5.74) is 4.43. The molecule has 7 heteroatoms. The van der Waals surface area contributed by atoms with Gasteiger partial charge in [0.15, 0.2) is 5.69 Å². The summed E-state index contributed by atoms with van der Waals surface area (Å²) in [4.78, 5) is 17.3. The van der Waals surface area contributed by atoms with Gasteiger partial charge in [0.25, 0.3) is 5.91 Å². The second kappa shape index (κ2) is 6.87. The fraction of sp³-hybridized carbons (Fsp3) is 0.100. The maximum Gasteiger partial charge on any atom is 0.276 e. The van der Waals surface area contributed by atoms with Crippen molar-refractivity contribution in [2.75, 3.05) is 12.4 Å². The lowest BCUT2D eigenvalue weighted by molar-refractivity contribution is 0.102. The highest BCUT2D eigenvalue weighted by atomic mass is 16.5. The smallest absolute Gasteiger partial charge is 0.276 e. The Morgan fingerprint density at radius 2 is 1.93 bits per heavy atom. The van der Waals surface area contributed by atoms with Gasteiger partial charge in [-0.15, -0.1) is 10.2 Å². The Bertz CT molecular complexity index is 1120. The maximum atomic E-state index is 12.5. The van der Waals surface area contributed by atoms with Gasteiger partial charge >= 0.3 is 0 Å². The first-order valence-electron chi connectivity index (χ1n) is 8.38. The molecule has 0 atom stereocenters. The van der Waals surface area contributed by atoms with Gasteiger partial charge in [-0.25, -0.2) is 4.98 Å². The van der Waals surface area contributed by atoms with Crippen LogP contribution < -0.4 is 10.1 Å². The molecule has 0 radical (unpaired) electrons. The maximum absolute atomic E-state index is 12.5. The van der Waals surface area contributed by atoms with E-state index in [1.54, 1.807) is 12.1 Å². The monoisotopic (exact) mass is 359 g/mol. The fourth-order valence-electron chi connectivity index (χ4n) is 2.84. The average Bonchev–Trinajstić information content (AvgIpc) is 3.14. The molecule has 3 heterocycles. The minimum Gasteiger partial charge on any atom is -0.480 e. The summed E-state index contributed by atoms with van der Waals surface area (Å²) in [6.45, 7) is 2.02. The van der Waals surface area contributed by atoms with Gasteiger partial charge in [0.2, 0.25) is 5.88 Å². The van der Waals surface area contributed by atoms with Gasteiger partial charge in [0.05, 0.1) is 18.5 Å². The Kier molecular flexibility index (Phi) is 4.25. The van der Waals surface area contributed by atoms with Crippen molar-refractivity contribution < 1.29 is 9.53 Å². The highest BCUT2D eigenvalue weighted by Crippen LogP contribution is 2.28. The van der Waals surface area contributed by atoms with E-state index in [-0.39, 0.29) is 11.6 Å². The summed E-state index contributed by atoms with van der Waals surface area (Å²) < 4.78 is 6.94. The second-order valence-electron chi connectivity index (χ2n) is 6.01. The number of aromatic nitrogens is 4. The molecule has 3 aromatic heterocycles. The van der Waals surface area contributed by atoms with Crippen LogP contribution in [0.4, 0.5) is 5.69 Å². The number of methoxy groups -OCH3 is 1. The number of ether oxygens (including phenoxy) is 1. The normalized spacial score (nSPS) is 10.7. The van der Waals surface area contributed by atoms with Gasteiger partial charge in [-0.2, -0.15) is 0 Å². The van der Waals surface area contributed by atoms with Crippen molar-refractivity contribution in [3.05, 3.63) is 72.2 Å². The molecule has 1 aromatic carbocycles. The number of rotatable bonds is 4. The lowest BCUT2D eigenvalue weighted by atomic mass is 10.1. The van der Waals surface area contributed by atoms with Crippen LogP contribution in [0.15, 0.2) is 60.9 Å². The van der Waals surface area contributed by atoms with E-state index in [1.807, 2.05) is 60.1 Å². The molecular formula is C20H17N5O2. The van der Waals surface area contributed by atoms with Crippen LogP contribution in [0.1, 0.15) is 16.1 Å². The molecule has 0 spiro atoms. The van der Waals surface area contributed by atoms with E-state index in [9.17, 15) is 4.79 Å². The standard InChI is InChI=1S/C20H17N5O2/c1-13-6-5-11-25-12-17(21-19(13)25)14-7-3-4-8-15(14)22-20(26)16-9-10-18(27-2)24-23-16/h3-12H,1-2H3,(H,22,26). The number of hydrogen-bond donors (Lipinski definition) is 1. The molecule has 27 heavy (non-hydrogen) atoms. The Morgan fingerprint density at radius 3 is 2.67 bits per heavy atom. The van der Waals surface area contributed by atoms with Gasteiger partial charge in [0.1, 0.15) is 5.65 Å². The number of benzene rings is 1. The number of pyridine rings is 1. The average molecular weight is 359 g/mol. The topological polar surface area (TPSA) is 81.4 Å². The predicted molar refractivity (Wildman–Crippen MR) is 102 cm³/mol. The van der Waals surface area contributed by atoms with Crippen molar-refractivity contribution in [2.24, 2.45) is 0 Å². The van der Waals surface area contributed by atoms with Crippen molar-refractivity contribution in [1.82, 2.24) is 19.6 Å². The third kappa shape index (κ3) is 3.22. The second-order valence-corrected chi connectivity index (χ2v) is 6.01. The predicted octanol–water partition coefficient (Wildman–Crippen LogP) is 3.36. The van der Waals surface area contributed by atoms with Crippen LogP contribution in [0.5, 0.6) is 5.88 Å². The first-order chi connectivity index (χ1) is 13.2. The summed E-state index contributed by atoms with van der Waals surface area (Å²) in [6.07, 6.45) is 3.90. The van der Waals surface area contributed by atoms with E-state index < -0.39 is 0 Å². The molecule has 0 bridgehead atoms.